The zero-order chi connectivity index (χ0) is 24.8. The van der Waals surface area contributed by atoms with Crippen molar-refractivity contribution in [3.05, 3.63) is 89.0 Å². The van der Waals surface area contributed by atoms with Gasteiger partial charge in [-0.15, -0.1) is 0 Å². The predicted octanol–water partition coefficient (Wildman–Crippen LogP) is 2.44. The average Bonchev–Trinajstić information content (AvgIpc) is 3.23. The van der Waals surface area contributed by atoms with Crippen LogP contribution in [0.3, 0.4) is 0 Å². The summed E-state index contributed by atoms with van der Waals surface area (Å²) in [5, 5.41) is 14.7. The molecule has 6 N–H and O–H groups in total. The normalized spacial score (nSPS) is 12.5. The number of carboxylic acids is 1. The van der Waals surface area contributed by atoms with Crippen molar-refractivity contribution in [1.82, 2.24) is 16.1 Å². The molecule has 2 amide bonds. The molecule has 0 fully saturated rings. The van der Waals surface area contributed by atoms with Crippen LogP contribution in [0.15, 0.2) is 71.7 Å². The van der Waals surface area contributed by atoms with E-state index in [2.05, 4.69) is 33.2 Å². The van der Waals surface area contributed by atoms with Gasteiger partial charge >= 0.3 is 5.97 Å². The number of nitrogens with one attached hydrogen (secondary N) is 3. The van der Waals surface area contributed by atoms with Crippen LogP contribution < -0.4 is 21.9 Å². The lowest BCUT2D eigenvalue weighted by Gasteiger charge is -2.19. The molecule has 0 saturated carbocycles. The van der Waals surface area contributed by atoms with Crippen molar-refractivity contribution in [1.29, 1.82) is 0 Å². The van der Waals surface area contributed by atoms with E-state index in [0.717, 1.165) is 17.5 Å². The lowest BCUT2D eigenvalue weighted by molar-refractivity contribution is -0.137. The number of fused-ring (bicyclic) bond motifs is 3. The van der Waals surface area contributed by atoms with Crippen molar-refractivity contribution in [3.8, 4) is 11.1 Å². The molecular weight excluding hydrogens is 446 g/mol. The van der Waals surface area contributed by atoms with Gasteiger partial charge in [-0.2, -0.15) is 0 Å². The van der Waals surface area contributed by atoms with Crippen LogP contribution in [0.1, 0.15) is 39.5 Å². The molecule has 178 valence electrons. The maximum absolute atomic E-state index is 12.6. The molecule has 3 aromatic carbocycles. The second-order valence-corrected chi connectivity index (χ2v) is 8.13. The van der Waals surface area contributed by atoms with Crippen molar-refractivity contribution in [2.75, 3.05) is 6.54 Å². The first-order valence-corrected chi connectivity index (χ1v) is 11.0. The number of carbonyl (C=O) groups excluding carboxylic acids is 2. The second kappa shape index (κ2) is 10.6. The Hall–Kier alpha value is -4.50. The molecule has 35 heavy (non-hydrogen) atoms. The molecule has 1 aliphatic rings. The molecule has 1 atom stereocenters. The van der Waals surface area contributed by atoms with Crippen LogP contribution in [0, 0.1) is 0 Å². The zero-order valence-electron chi connectivity index (χ0n) is 18.8. The maximum Gasteiger partial charge on any atom is 0.305 e. The molecule has 4 rings (SSSR count). The first-order valence-electron chi connectivity index (χ1n) is 11.0. The van der Waals surface area contributed by atoms with Gasteiger partial charge in [0.05, 0.1) is 24.7 Å². The minimum atomic E-state index is -1.03. The number of rotatable bonds is 9. The van der Waals surface area contributed by atoms with Crippen LogP contribution in [-0.4, -0.2) is 35.8 Å². The van der Waals surface area contributed by atoms with Crippen LogP contribution in [-0.2, 0) is 16.0 Å². The van der Waals surface area contributed by atoms with E-state index in [-0.39, 0.29) is 13.0 Å². The molecule has 0 spiro atoms. The quantitative estimate of drug-likeness (QED) is 0.110. The molecule has 0 aromatic heterocycles. The third kappa shape index (κ3) is 5.71. The first kappa shape index (κ1) is 23.7. The van der Waals surface area contributed by atoms with Gasteiger partial charge in [-0.1, -0.05) is 48.5 Å². The van der Waals surface area contributed by atoms with Crippen LogP contribution in [0.4, 0.5) is 5.69 Å². The highest BCUT2D eigenvalue weighted by atomic mass is 16.4. The Morgan fingerprint density at radius 1 is 1.00 bits per heavy atom. The number of hydrogen-bond acceptors (Lipinski definition) is 5. The van der Waals surface area contributed by atoms with E-state index in [4.69, 9.17) is 5.84 Å². The number of carbonyl (C=O) groups is 3. The van der Waals surface area contributed by atoms with Gasteiger partial charge < -0.3 is 21.2 Å². The molecule has 9 nitrogen and oxygen atoms in total. The Bertz CT molecular complexity index is 1300. The molecule has 0 bridgehead atoms. The van der Waals surface area contributed by atoms with E-state index in [1.54, 1.807) is 24.3 Å². The summed E-state index contributed by atoms with van der Waals surface area (Å²) in [7, 11) is 0. The number of nitrogens with two attached hydrogens (primary N) is 1. The number of hydrogen-bond donors (Lipinski definition) is 5. The van der Waals surface area contributed by atoms with Crippen LogP contribution in [0.5, 0.6) is 0 Å². The average molecular weight is 472 g/mol. The molecule has 0 radical (unpaired) electrons. The maximum atomic E-state index is 12.6. The SMILES string of the molecule is NNC=Nc1cccc(C(=O)NCC(=O)NC(CC(=O)O)c2ccc3c(c2)Cc2ccccc2-3)c1. The number of hydrazine groups is 1. The number of aliphatic carboxylic acids is 1. The topological polar surface area (TPSA) is 146 Å². The molecular formula is C26H25N5O4. The van der Waals surface area contributed by atoms with Gasteiger partial charge in [-0.25, -0.2) is 10.8 Å². The number of benzene rings is 3. The Labute approximate surface area is 202 Å². The molecule has 0 aliphatic heterocycles. The third-order valence-corrected chi connectivity index (χ3v) is 5.74. The van der Waals surface area contributed by atoms with E-state index in [9.17, 15) is 19.5 Å². The summed E-state index contributed by atoms with van der Waals surface area (Å²) >= 11 is 0. The molecule has 3 aromatic rings. The highest BCUT2D eigenvalue weighted by Crippen LogP contribution is 2.37. The number of aliphatic imine (C=N–C) groups is 1. The Morgan fingerprint density at radius 2 is 1.80 bits per heavy atom. The third-order valence-electron chi connectivity index (χ3n) is 5.74. The lowest BCUT2D eigenvalue weighted by atomic mass is 9.97. The standard InChI is InChI=1S/C26H25N5O4/c27-30-15-29-20-6-3-5-18(12-20)26(35)28-14-24(32)31-23(13-25(33)34)17-8-9-22-19(11-17)10-16-4-1-2-7-21(16)22/h1-9,11-12,15,23H,10,13-14,27H2,(H,28,35)(H,29,30)(H,31,32)(H,33,34). The van der Waals surface area contributed by atoms with Crippen LogP contribution >= 0.6 is 0 Å². The molecule has 1 aliphatic carbocycles. The summed E-state index contributed by atoms with van der Waals surface area (Å²) < 4.78 is 0. The summed E-state index contributed by atoms with van der Waals surface area (Å²) in [6.07, 6.45) is 1.76. The number of nitrogens with zero attached hydrogens (tertiary/aromatic N) is 1. The van der Waals surface area contributed by atoms with Gasteiger partial charge in [0.1, 0.15) is 6.34 Å². The monoisotopic (exact) mass is 471 g/mol. The van der Waals surface area contributed by atoms with Gasteiger partial charge in [0.25, 0.3) is 5.91 Å². The second-order valence-electron chi connectivity index (χ2n) is 8.13. The summed E-state index contributed by atoms with van der Waals surface area (Å²) in [5.74, 6) is 3.17. The fraction of sp³-hybridized carbons (Fsp3) is 0.154. The van der Waals surface area contributed by atoms with E-state index in [1.807, 2.05) is 30.3 Å². The minimum Gasteiger partial charge on any atom is -0.481 e. The molecule has 0 heterocycles. The van der Waals surface area contributed by atoms with Crippen molar-refractivity contribution in [3.63, 3.8) is 0 Å². The van der Waals surface area contributed by atoms with Gasteiger partial charge in [0.15, 0.2) is 0 Å². The molecule has 0 saturated heterocycles. The summed E-state index contributed by atoms with van der Waals surface area (Å²) in [6, 6.07) is 19.7. The lowest BCUT2D eigenvalue weighted by Crippen LogP contribution is -2.39. The Morgan fingerprint density at radius 3 is 2.60 bits per heavy atom. The van der Waals surface area contributed by atoms with Crippen molar-refractivity contribution < 1.29 is 19.5 Å². The minimum absolute atomic E-state index is 0.277. The van der Waals surface area contributed by atoms with Crippen LogP contribution in [0.2, 0.25) is 0 Å². The molecule has 9 heteroatoms. The largest absolute Gasteiger partial charge is 0.481 e. The van der Waals surface area contributed by atoms with E-state index in [0.29, 0.717) is 16.8 Å². The fourth-order valence-electron chi connectivity index (χ4n) is 4.16. The highest BCUT2D eigenvalue weighted by Gasteiger charge is 2.23. The first-order chi connectivity index (χ1) is 16.9. The van der Waals surface area contributed by atoms with Crippen LogP contribution in [0.25, 0.3) is 11.1 Å². The van der Waals surface area contributed by atoms with Crippen molar-refractivity contribution in [2.45, 2.75) is 18.9 Å². The Balaban J connectivity index is 1.42. The predicted molar refractivity (Wildman–Crippen MR) is 132 cm³/mol. The molecule has 1 unspecified atom stereocenters. The van der Waals surface area contributed by atoms with Gasteiger partial charge in [-0.3, -0.25) is 14.4 Å². The van der Waals surface area contributed by atoms with Crippen molar-refractivity contribution >= 4 is 29.8 Å². The summed E-state index contributed by atoms with van der Waals surface area (Å²) in [4.78, 5) is 40.6. The van der Waals surface area contributed by atoms with E-state index in [1.165, 1.54) is 17.5 Å². The number of carboxylic acid groups (broad SMARTS) is 1. The summed E-state index contributed by atoms with van der Waals surface area (Å²) in [6.45, 7) is -0.302. The van der Waals surface area contributed by atoms with Gasteiger partial charge in [-0.05, 0) is 52.4 Å². The zero-order valence-corrected chi connectivity index (χ0v) is 18.8. The van der Waals surface area contributed by atoms with E-state index < -0.39 is 23.8 Å². The number of amides is 2. The van der Waals surface area contributed by atoms with Gasteiger partial charge in [0, 0.05) is 5.56 Å². The van der Waals surface area contributed by atoms with E-state index >= 15 is 0 Å². The fourth-order valence-corrected chi connectivity index (χ4v) is 4.16. The highest BCUT2D eigenvalue weighted by molar-refractivity contribution is 5.97. The van der Waals surface area contributed by atoms with Crippen molar-refractivity contribution in [2.24, 2.45) is 10.8 Å². The Kier molecular flexibility index (Phi) is 7.18. The smallest absolute Gasteiger partial charge is 0.305 e. The summed E-state index contributed by atoms with van der Waals surface area (Å²) in [5.41, 5.74) is 8.42. The van der Waals surface area contributed by atoms with Gasteiger partial charge in [0.2, 0.25) is 5.91 Å².